The summed E-state index contributed by atoms with van der Waals surface area (Å²) in [5, 5.41) is 0. The monoisotopic (exact) mass is 170 g/mol. The quantitative estimate of drug-likeness (QED) is 0.676. The fourth-order valence-electron chi connectivity index (χ4n) is 0.790. The van der Waals surface area contributed by atoms with Crippen LogP contribution in [0, 0.1) is 0 Å². The van der Waals surface area contributed by atoms with Gasteiger partial charge in [-0.05, 0) is 0 Å². The molecule has 58 valence electrons. The Morgan fingerprint density at radius 1 is 0.909 bits per heavy atom. The maximum Gasteiger partial charge on any atom is 0.173 e. The molecule has 0 fully saturated rings. The molecule has 2 heterocycles. The van der Waals surface area contributed by atoms with Gasteiger partial charge in [0.1, 0.15) is 0 Å². The van der Waals surface area contributed by atoms with E-state index in [9.17, 15) is 0 Å². The molecule has 11 heavy (non-hydrogen) atoms. The number of H-pyrrole nitrogens is 2. The van der Waals surface area contributed by atoms with Crippen molar-refractivity contribution in [3.05, 3.63) is 24.8 Å². The third-order valence-electron chi connectivity index (χ3n) is 1.22. The van der Waals surface area contributed by atoms with Crippen LogP contribution in [-0.2, 0) is 0 Å². The van der Waals surface area contributed by atoms with Crippen LogP contribution in [0.2, 0.25) is 0 Å². The zero-order chi connectivity index (χ0) is 6.81. The zero-order valence-electron chi connectivity index (χ0n) is 5.61. The van der Waals surface area contributed by atoms with Crippen molar-refractivity contribution in [3.8, 4) is 11.6 Å². The molecule has 0 saturated carbocycles. The van der Waals surface area contributed by atoms with E-state index in [4.69, 9.17) is 0 Å². The Labute approximate surface area is 69.5 Å². The second-order valence-corrected chi connectivity index (χ2v) is 1.88. The van der Waals surface area contributed by atoms with Crippen molar-refractivity contribution < 1.29 is 0 Å². The van der Waals surface area contributed by atoms with E-state index in [1.54, 1.807) is 24.8 Å². The molecule has 2 N–H and O–H groups in total. The summed E-state index contributed by atoms with van der Waals surface area (Å²) in [5.74, 6) is 1.54. The molecule has 0 amide bonds. The molecule has 0 aliphatic rings. The Morgan fingerprint density at radius 2 is 1.36 bits per heavy atom. The van der Waals surface area contributed by atoms with Crippen LogP contribution in [0.4, 0.5) is 0 Å². The molecule has 5 heteroatoms. The first-order valence-electron chi connectivity index (χ1n) is 2.96. The molecular formula is C6H7ClN4. The minimum absolute atomic E-state index is 0. The van der Waals surface area contributed by atoms with Crippen molar-refractivity contribution >= 4 is 12.4 Å². The molecule has 0 aliphatic carbocycles. The molecule has 0 aliphatic heterocycles. The summed E-state index contributed by atoms with van der Waals surface area (Å²) in [5.41, 5.74) is 0. The van der Waals surface area contributed by atoms with E-state index in [0.717, 1.165) is 11.6 Å². The van der Waals surface area contributed by atoms with E-state index in [0.29, 0.717) is 0 Å². The number of nitrogens with one attached hydrogen (secondary N) is 2. The van der Waals surface area contributed by atoms with Crippen LogP contribution < -0.4 is 0 Å². The average Bonchev–Trinajstić information content (AvgIpc) is 2.59. The highest BCUT2D eigenvalue weighted by Gasteiger charge is 1.98. The summed E-state index contributed by atoms with van der Waals surface area (Å²) in [6.45, 7) is 0. The van der Waals surface area contributed by atoms with Gasteiger partial charge in [0, 0.05) is 24.8 Å². The Morgan fingerprint density at radius 3 is 1.64 bits per heavy atom. The predicted octanol–water partition coefficient (Wildman–Crippen LogP) is 1.22. The Kier molecular flexibility index (Phi) is 2.28. The van der Waals surface area contributed by atoms with E-state index in [2.05, 4.69) is 19.9 Å². The van der Waals surface area contributed by atoms with Crippen molar-refractivity contribution in [2.24, 2.45) is 0 Å². The van der Waals surface area contributed by atoms with Gasteiger partial charge in [0.25, 0.3) is 0 Å². The Bertz CT molecular complexity index is 254. The topological polar surface area (TPSA) is 57.4 Å². The lowest BCUT2D eigenvalue weighted by Gasteiger charge is -1.85. The predicted molar refractivity (Wildman–Crippen MR) is 43.4 cm³/mol. The second-order valence-electron chi connectivity index (χ2n) is 1.88. The lowest BCUT2D eigenvalue weighted by atomic mass is 10.6. The standard InChI is InChI=1S/C6H6N4.ClH/c1-2-8-5(7-1)6-9-3-4-10-6;/h1-4H,(H,7,8)(H,9,10);1H. The molecule has 2 aromatic heterocycles. The summed E-state index contributed by atoms with van der Waals surface area (Å²) in [6.07, 6.45) is 6.91. The molecular weight excluding hydrogens is 164 g/mol. The van der Waals surface area contributed by atoms with Crippen LogP contribution >= 0.6 is 12.4 Å². The number of imidazole rings is 2. The minimum atomic E-state index is 0. The van der Waals surface area contributed by atoms with Crippen molar-refractivity contribution in [2.75, 3.05) is 0 Å². The van der Waals surface area contributed by atoms with Gasteiger partial charge >= 0.3 is 0 Å². The SMILES string of the molecule is Cl.c1c[nH]c(-c2ncc[nH]2)n1. The first-order chi connectivity index (χ1) is 4.97. The molecule has 2 rings (SSSR count). The van der Waals surface area contributed by atoms with Gasteiger partial charge in [0.15, 0.2) is 11.6 Å². The summed E-state index contributed by atoms with van der Waals surface area (Å²) in [4.78, 5) is 13.9. The maximum atomic E-state index is 4.01. The molecule has 0 unspecified atom stereocenters. The van der Waals surface area contributed by atoms with Crippen molar-refractivity contribution in [1.82, 2.24) is 19.9 Å². The lowest BCUT2D eigenvalue weighted by Crippen LogP contribution is -1.80. The van der Waals surface area contributed by atoms with Crippen LogP contribution in [0.25, 0.3) is 11.6 Å². The van der Waals surface area contributed by atoms with Gasteiger partial charge in [-0.25, -0.2) is 9.97 Å². The maximum absolute atomic E-state index is 4.01. The van der Waals surface area contributed by atoms with Gasteiger partial charge in [0.2, 0.25) is 0 Å². The van der Waals surface area contributed by atoms with Gasteiger partial charge in [-0.2, -0.15) is 0 Å². The summed E-state index contributed by atoms with van der Waals surface area (Å²) < 4.78 is 0. The molecule has 2 aromatic rings. The fourth-order valence-corrected chi connectivity index (χ4v) is 0.790. The Balaban J connectivity index is 0.000000605. The molecule has 0 atom stereocenters. The number of aromatic nitrogens is 4. The number of hydrogen-bond acceptors (Lipinski definition) is 2. The minimum Gasteiger partial charge on any atom is -0.342 e. The third kappa shape index (κ3) is 1.40. The molecule has 0 aromatic carbocycles. The number of halogens is 1. The van der Waals surface area contributed by atoms with Crippen molar-refractivity contribution in [1.29, 1.82) is 0 Å². The number of nitrogens with zero attached hydrogens (tertiary/aromatic N) is 2. The smallest absolute Gasteiger partial charge is 0.173 e. The highest BCUT2D eigenvalue weighted by molar-refractivity contribution is 5.85. The first kappa shape index (κ1) is 7.81. The number of rotatable bonds is 1. The van der Waals surface area contributed by atoms with Crippen LogP contribution in [0.1, 0.15) is 0 Å². The van der Waals surface area contributed by atoms with Gasteiger partial charge in [-0.1, -0.05) is 0 Å². The molecule has 0 bridgehead atoms. The van der Waals surface area contributed by atoms with Gasteiger partial charge < -0.3 is 9.97 Å². The van der Waals surface area contributed by atoms with Crippen molar-refractivity contribution in [3.63, 3.8) is 0 Å². The summed E-state index contributed by atoms with van der Waals surface area (Å²) in [7, 11) is 0. The summed E-state index contributed by atoms with van der Waals surface area (Å²) >= 11 is 0. The van der Waals surface area contributed by atoms with E-state index in [-0.39, 0.29) is 12.4 Å². The molecule has 4 nitrogen and oxygen atoms in total. The van der Waals surface area contributed by atoms with Crippen LogP contribution in [0.3, 0.4) is 0 Å². The highest BCUT2D eigenvalue weighted by atomic mass is 35.5. The highest BCUT2D eigenvalue weighted by Crippen LogP contribution is 2.04. The van der Waals surface area contributed by atoms with E-state index < -0.39 is 0 Å². The first-order valence-corrected chi connectivity index (χ1v) is 2.96. The van der Waals surface area contributed by atoms with Gasteiger partial charge in [0.05, 0.1) is 0 Å². The zero-order valence-corrected chi connectivity index (χ0v) is 6.43. The molecule has 0 radical (unpaired) electrons. The van der Waals surface area contributed by atoms with E-state index >= 15 is 0 Å². The number of hydrogen-bond donors (Lipinski definition) is 2. The average molecular weight is 171 g/mol. The van der Waals surface area contributed by atoms with Crippen molar-refractivity contribution in [2.45, 2.75) is 0 Å². The third-order valence-corrected chi connectivity index (χ3v) is 1.22. The molecule has 0 spiro atoms. The largest absolute Gasteiger partial charge is 0.342 e. The van der Waals surface area contributed by atoms with Crippen LogP contribution in [0.15, 0.2) is 24.8 Å². The molecule has 0 saturated heterocycles. The van der Waals surface area contributed by atoms with Crippen LogP contribution in [-0.4, -0.2) is 19.9 Å². The number of aromatic amines is 2. The van der Waals surface area contributed by atoms with Crippen LogP contribution in [0.5, 0.6) is 0 Å². The van der Waals surface area contributed by atoms with Gasteiger partial charge in [-0.3, -0.25) is 0 Å². The Hall–Kier alpha value is -1.29. The normalized spacial score (nSPS) is 9.09. The second kappa shape index (κ2) is 3.21. The van der Waals surface area contributed by atoms with E-state index in [1.165, 1.54) is 0 Å². The van der Waals surface area contributed by atoms with Gasteiger partial charge in [-0.15, -0.1) is 12.4 Å². The van der Waals surface area contributed by atoms with E-state index in [1.807, 2.05) is 0 Å². The lowest BCUT2D eigenvalue weighted by molar-refractivity contribution is 1.20. The fraction of sp³-hybridized carbons (Fsp3) is 0. The summed E-state index contributed by atoms with van der Waals surface area (Å²) in [6, 6.07) is 0.